The zero-order chi connectivity index (χ0) is 11.8. The highest BCUT2D eigenvalue weighted by atomic mass is 35.5. The van der Waals surface area contributed by atoms with Gasteiger partial charge in [0.2, 0.25) is 0 Å². The predicted molar refractivity (Wildman–Crippen MR) is 70.4 cm³/mol. The zero-order valence-corrected chi connectivity index (χ0v) is 10.6. The summed E-state index contributed by atoms with van der Waals surface area (Å²) in [5.41, 5.74) is 0.877. The van der Waals surface area contributed by atoms with E-state index in [1.54, 1.807) is 23.7 Å². The summed E-state index contributed by atoms with van der Waals surface area (Å²) in [5, 5.41) is 1.42. The van der Waals surface area contributed by atoms with E-state index in [4.69, 9.17) is 11.6 Å². The third kappa shape index (κ3) is 1.90. The maximum Gasteiger partial charge on any atom is 0.164 e. The van der Waals surface area contributed by atoms with Crippen LogP contribution in [-0.4, -0.2) is 15.0 Å². The van der Waals surface area contributed by atoms with Crippen molar-refractivity contribution in [2.24, 2.45) is 0 Å². The first kappa shape index (κ1) is 10.6. The molecule has 0 saturated carbocycles. The first-order valence-corrected chi connectivity index (χ1v) is 6.27. The van der Waals surface area contributed by atoms with Gasteiger partial charge >= 0.3 is 0 Å². The van der Waals surface area contributed by atoms with Crippen LogP contribution in [0.1, 0.15) is 4.88 Å². The summed E-state index contributed by atoms with van der Waals surface area (Å²) >= 11 is 7.78. The second kappa shape index (κ2) is 4.05. The molecule has 3 rings (SSSR count). The van der Waals surface area contributed by atoms with Crippen molar-refractivity contribution in [3.05, 3.63) is 40.6 Å². The Kier molecular flexibility index (Phi) is 2.53. The number of pyridine rings is 1. The van der Waals surface area contributed by atoms with Crippen LogP contribution < -0.4 is 0 Å². The molecule has 0 aliphatic heterocycles. The average molecular weight is 262 g/mol. The number of fused-ring (bicyclic) bond motifs is 1. The SMILES string of the molecule is Cc1cc2c(Cl)nc(-c3cccnc3)nc2s1. The van der Waals surface area contributed by atoms with Crippen LogP contribution in [0.15, 0.2) is 30.6 Å². The van der Waals surface area contributed by atoms with Crippen molar-refractivity contribution in [3.63, 3.8) is 0 Å². The summed E-state index contributed by atoms with van der Waals surface area (Å²) in [6.45, 7) is 2.03. The first-order valence-electron chi connectivity index (χ1n) is 5.08. The number of nitrogens with zero attached hydrogens (tertiary/aromatic N) is 3. The van der Waals surface area contributed by atoms with Crippen LogP contribution in [0.2, 0.25) is 5.15 Å². The van der Waals surface area contributed by atoms with E-state index in [1.807, 2.05) is 25.1 Å². The Labute approximate surface area is 107 Å². The summed E-state index contributed by atoms with van der Waals surface area (Å²) in [5.74, 6) is 0.623. The van der Waals surface area contributed by atoms with Crippen LogP contribution in [0.4, 0.5) is 0 Å². The Morgan fingerprint density at radius 1 is 1.29 bits per heavy atom. The highest BCUT2D eigenvalue weighted by molar-refractivity contribution is 7.18. The number of aryl methyl sites for hydroxylation is 1. The molecule has 0 aliphatic carbocycles. The summed E-state index contributed by atoms with van der Waals surface area (Å²) in [7, 11) is 0. The van der Waals surface area contributed by atoms with Gasteiger partial charge in [-0.2, -0.15) is 0 Å². The fraction of sp³-hybridized carbons (Fsp3) is 0.0833. The maximum absolute atomic E-state index is 6.16. The van der Waals surface area contributed by atoms with Crippen molar-refractivity contribution in [3.8, 4) is 11.4 Å². The minimum Gasteiger partial charge on any atom is -0.264 e. The molecule has 3 aromatic rings. The van der Waals surface area contributed by atoms with Crippen LogP contribution in [0, 0.1) is 6.92 Å². The zero-order valence-electron chi connectivity index (χ0n) is 9.01. The van der Waals surface area contributed by atoms with E-state index in [1.165, 1.54) is 4.88 Å². The van der Waals surface area contributed by atoms with Gasteiger partial charge in [0.25, 0.3) is 0 Å². The molecule has 0 saturated heterocycles. The Morgan fingerprint density at radius 3 is 2.94 bits per heavy atom. The summed E-state index contributed by atoms with van der Waals surface area (Å²) in [6, 6.07) is 5.79. The summed E-state index contributed by atoms with van der Waals surface area (Å²) in [4.78, 5) is 15.0. The second-order valence-corrected chi connectivity index (χ2v) is 5.25. The van der Waals surface area contributed by atoms with E-state index in [9.17, 15) is 0 Å². The molecule has 0 unspecified atom stereocenters. The molecule has 0 amide bonds. The van der Waals surface area contributed by atoms with Gasteiger partial charge in [-0.15, -0.1) is 11.3 Å². The number of halogens is 1. The minimum absolute atomic E-state index is 0.498. The van der Waals surface area contributed by atoms with Gasteiger partial charge in [-0.05, 0) is 25.1 Å². The lowest BCUT2D eigenvalue weighted by atomic mass is 10.2. The molecule has 84 valence electrons. The smallest absolute Gasteiger partial charge is 0.164 e. The van der Waals surface area contributed by atoms with E-state index < -0.39 is 0 Å². The van der Waals surface area contributed by atoms with Crippen molar-refractivity contribution >= 4 is 33.2 Å². The van der Waals surface area contributed by atoms with Crippen molar-refractivity contribution < 1.29 is 0 Å². The van der Waals surface area contributed by atoms with Gasteiger partial charge in [-0.3, -0.25) is 4.98 Å². The van der Waals surface area contributed by atoms with Gasteiger partial charge in [0.15, 0.2) is 5.82 Å². The second-order valence-electron chi connectivity index (χ2n) is 3.66. The van der Waals surface area contributed by atoms with Crippen LogP contribution in [-0.2, 0) is 0 Å². The fourth-order valence-electron chi connectivity index (χ4n) is 1.63. The third-order valence-corrected chi connectivity index (χ3v) is 3.62. The standard InChI is InChI=1S/C12H8ClN3S/c1-7-5-9-10(13)15-11(16-12(9)17-7)8-3-2-4-14-6-8/h2-6H,1H3. The van der Waals surface area contributed by atoms with E-state index >= 15 is 0 Å². The number of hydrogen-bond donors (Lipinski definition) is 0. The molecular weight excluding hydrogens is 254 g/mol. The lowest BCUT2D eigenvalue weighted by Crippen LogP contribution is -1.89. The van der Waals surface area contributed by atoms with Gasteiger partial charge in [-0.25, -0.2) is 9.97 Å². The molecule has 5 heteroatoms. The lowest BCUT2D eigenvalue weighted by Gasteiger charge is -2.00. The van der Waals surface area contributed by atoms with Crippen molar-refractivity contribution in [1.29, 1.82) is 0 Å². The van der Waals surface area contributed by atoms with E-state index in [-0.39, 0.29) is 0 Å². The fourth-order valence-corrected chi connectivity index (χ4v) is 2.79. The summed E-state index contributed by atoms with van der Waals surface area (Å²) in [6.07, 6.45) is 3.46. The monoisotopic (exact) mass is 261 g/mol. The molecule has 0 atom stereocenters. The molecule has 0 spiro atoms. The van der Waals surface area contributed by atoms with Crippen LogP contribution in [0.5, 0.6) is 0 Å². The van der Waals surface area contributed by atoms with E-state index in [0.717, 1.165) is 15.8 Å². The van der Waals surface area contributed by atoms with E-state index in [0.29, 0.717) is 11.0 Å². The van der Waals surface area contributed by atoms with Gasteiger partial charge < -0.3 is 0 Å². The van der Waals surface area contributed by atoms with Gasteiger partial charge in [-0.1, -0.05) is 11.6 Å². The normalized spacial score (nSPS) is 10.9. The highest BCUT2D eigenvalue weighted by Gasteiger charge is 2.10. The quantitative estimate of drug-likeness (QED) is 0.627. The number of aromatic nitrogens is 3. The topological polar surface area (TPSA) is 38.7 Å². The molecule has 0 N–H and O–H groups in total. The van der Waals surface area contributed by atoms with Gasteiger partial charge in [0, 0.05) is 28.2 Å². The molecule has 3 heterocycles. The Balaban J connectivity index is 2.25. The average Bonchev–Trinajstić information content (AvgIpc) is 2.71. The minimum atomic E-state index is 0.498. The molecule has 17 heavy (non-hydrogen) atoms. The van der Waals surface area contributed by atoms with Crippen molar-refractivity contribution in [1.82, 2.24) is 15.0 Å². The molecule has 0 aromatic carbocycles. The molecule has 3 nitrogen and oxygen atoms in total. The molecule has 0 aliphatic rings. The molecule has 0 radical (unpaired) electrons. The summed E-state index contributed by atoms with van der Waals surface area (Å²) < 4.78 is 0. The Hall–Kier alpha value is -1.52. The number of hydrogen-bond acceptors (Lipinski definition) is 4. The number of thiophene rings is 1. The van der Waals surface area contributed by atoms with Crippen LogP contribution in [0.25, 0.3) is 21.6 Å². The van der Waals surface area contributed by atoms with Crippen LogP contribution >= 0.6 is 22.9 Å². The Bertz CT molecular complexity index is 679. The Morgan fingerprint density at radius 2 is 2.18 bits per heavy atom. The van der Waals surface area contributed by atoms with E-state index in [2.05, 4.69) is 15.0 Å². The van der Waals surface area contributed by atoms with Crippen molar-refractivity contribution in [2.45, 2.75) is 6.92 Å². The number of rotatable bonds is 1. The maximum atomic E-state index is 6.16. The highest BCUT2D eigenvalue weighted by Crippen LogP contribution is 2.30. The molecule has 3 aromatic heterocycles. The molecular formula is C12H8ClN3S. The third-order valence-electron chi connectivity index (χ3n) is 2.39. The van der Waals surface area contributed by atoms with Gasteiger partial charge in [0.05, 0.1) is 0 Å². The molecule has 0 fully saturated rings. The van der Waals surface area contributed by atoms with Crippen LogP contribution in [0.3, 0.4) is 0 Å². The van der Waals surface area contributed by atoms with Crippen molar-refractivity contribution in [2.75, 3.05) is 0 Å². The predicted octanol–water partition coefficient (Wildman–Crippen LogP) is 3.72. The lowest BCUT2D eigenvalue weighted by molar-refractivity contribution is 1.21. The van der Waals surface area contributed by atoms with Gasteiger partial charge in [0.1, 0.15) is 9.98 Å². The first-order chi connectivity index (χ1) is 8.24. The largest absolute Gasteiger partial charge is 0.264 e. The molecule has 0 bridgehead atoms.